The van der Waals surface area contributed by atoms with Gasteiger partial charge in [0.2, 0.25) is 0 Å². The largest absolute Gasteiger partial charge is 0.483 e. The molecule has 1 aliphatic heterocycles. The van der Waals surface area contributed by atoms with Crippen LogP contribution in [0.4, 0.5) is 0 Å². The molecule has 1 fully saturated rings. The predicted octanol–water partition coefficient (Wildman–Crippen LogP) is 6.00. The van der Waals surface area contributed by atoms with E-state index in [1.54, 1.807) is 36.6 Å². The molecule has 0 unspecified atom stereocenters. The van der Waals surface area contributed by atoms with E-state index in [4.69, 9.17) is 25.8 Å². The van der Waals surface area contributed by atoms with Gasteiger partial charge < -0.3 is 18.9 Å². The number of carbonyl (C=O) groups excluding carboxylic acids is 1. The zero-order chi connectivity index (χ0) is 21.3. The fraction of sp³-hybridized carbons (Fsp3) is 0.100. The van der Waals surface area contributed by atoms with E-state index in [1.165, 1.54) is 4.90 Å². The number of hydrogen-bond donors (Lipinski definition) is 1. The SMILES string of the molecule is O=C1/C(=C\c2ccc(COc3c(Br)cc(Br)cc3Br)o2)NC(=S)N1Cc1ccco1. The lowest BCUT2D eigenvalue weighted by molar-refractivity contribution is -0.122. The van der Waals surface area contributed by atoms with Gasteiger partial charge in [-0.2, -0.15) is 0 Å². The van der Waals surface area contributed by atoms with Crippen molar-refractivity contribution >= 4 is 77.1 Å². The van der Waals surface area contributed by atoms with Crippen LogP contribution in [0.3, 0.4) is 0 Å². The summed E-state index contributed by atoms with van der Waals surface area (Å²) >= 11 is 15.7. The van der Waals surface area contributed by atoms with Crippen molar-refractivity contribution in [3.8, 4) is 5.75 Å². The van der Waals surface area contributed by atoms with Gasteiger partial charge in [0.05, 0.1) is 21.8 Å². The Morgan fingerprint density at radius 3 is 2.60 bits per heavy atom. The summed E-state index contributed by atoms with van der Waals surface area (Å²) in [6.45, 7) is 0.496. The van der Waals surface area contributed by atoms with Crippen molar-refractivity contribution in [3.05, 3.63) is 79.1 Å². The van der Waals surface area contributed by atoms with Crippen LogP contribution in [-0.2, 0) is 17.9 Å². The third-order valence-corrected chi connectivity index (χ3v) is 6.11. The summed E-state index contributed by atoms with van der Waals surface area (Å²) in [4.78, 5) is 14.1. The summed E-state index contributed by atoms with van der Waals surface area (Å²) in [5.74, 6) is 2.20. The van der Waals surface area contributed by atoms with E-state index in [9.17, 15) is 4.79 Å². The number of nitrogens with one attached hydrogen (secondary N) is 1. The second-order valence-electron chi connectivity index (χ2n) is 6.25. The highest BCUT2D eigenvalue weighted by molar-refractivity contribution is 9.11. The zero-order valence-electron chi connectivity index (χ0n) is 15.2. The van der Waals surface area contributed by atoms with Gasteiger partial charge in [0.15, 0.2) is 5.11 Å². The smallest absolute Gasteiger partial charge is 0.277 e. The molecular weight excluding hydrogens is 604 g/mol. The van der Waals surface area contributed by atoms with Crippen LogP contribution in [0.25, 0.3) is 6.08 Å². The second kappa shape index (κ2) is 9.09. The number of benzene rings is 1. The number of nitrogens with zero attached hydrogens (tertiary/aromatic N) is 1. The van der Waals surface area contributed by atoms with Crippen LogP contribution in [0.5, 0.6) is 5.75 Å². The molecule has 0 spiro atoms. The molecule has 1 aromatic carbocycles. The molecule has 30 heavy (non-hydrogen) atoms. The monoisotopic (exact) mass is 614 g/mol. The average Bonchev–Trinajstić information content (AvgIpc) is 3.40. The predicted molar refractivity (Wildman–Crippen MR) is 126 cm³/mol. The third kappa shape index (κ3) is 4.72. The van der Waals surface area contributed by atoms with Gasteiger partial charge in [-0.3, -0.25) is 9.69 Å². The van der Waals surface area contributed by atoms with Gasteiger partial charge in [-0.05, 0) is 80.5 Å². The fourth-order valence-corrected chi connectivity index (χ4v) is 5.52. The minimum absolute atomic E-state index is 0.229. The van der Waals surface area contributed by atoms with Crippen LogP contribution in [0.1, 0.15) is 17.3 Å². The number of ether oxygens (including phenoxy) is 1. The highest BCUT2D eigenvalue weighted by atomic mass is 79.9. The van der Waals surface area contributed by atoms with Gasteiger partial charge in [-0.25, -0.2) is 0 Å². The summed E-state index contributed by atoms with van der Waals surface area (Å²) in [7, 11) is 0. The van der Waals surface area contributed by atoms with Crippen molar-refractivity contribution in [2.24, 2.45) is 0 Å². The molecule has 3 aromatic rings. The minimum atomic E-state index is -0.242. The Bertz CT molecular complexity index is 1120. The standard InChI is InChI=1S/C20H13Br3N2O4S/c21-11-6-15(22)18(16(23)7-11)28-10-14-4-3-12(29-14)8-17-19(26)25(20(30)24-17)9-13-2-1-5-27-13/h1-8H,9-10H2,(H,24,30)/b17-8+. The molecule has 6 nitrogen and oxygen atoms in total. The number of rotatable bonds is 6. The van der Waals surface area contributed by atoms with Crippen LogP contribution < -0.4 is 10.1 Å². The summed E-state index contributed by atoms with van der Waals surface area (Å²) in [6.07, 6.45) is 3.17. The molecule has 4 rings (SSSR count). The molecular formula is C20H13Br3N2O4S. The van der Waals surface area contributed by atoms with Gasteiger partial charge in [-0.1, -0.05) is 15.9 Å². The topological polar surface area (TPSA) is 67.8 Å². The highest BCUT2D eigenvalue weighted by Gasteiger charge is 2.31. The van der Waals surface area contributed by atoms with Crippen molar-refractivity contribution in [3.63, 3.8) is 0 Å². The minimum Gasteiger partial charge on any atom is -0.483 e. The van der Waals surface area contributed by atoms with Crippen molar-refractivity contribution in [1.29, 1.82) is 0 Å². The van der Waals surface area contributed by atoms with Gasteiger partial charge in [-0.15, -0.1) is 0 Å². The van der Waals surface area contributed by atoms with Gasteiger partial charge in [0, 0.05) is 10.5 Å². The summed E-state index contributed by atoms with van der Waals surface area (Å²) < 4.78 is 19.5. The Morgan fingerprint density at radius 1 is 1.13 bits per heavy atom. The molecule has 0 aliphatic carbocycles. The Labute approximate surface area is 202 Å². The lowest BCUT2D eigenvalue weighted by Crippen LogP contribution is -2.29. The molecule has 0 bridgehead atoms. The number of thiocarbonyl (C=S) groups is 1. The maximum absolute atomic E-state index is 12.7. The van der Waals surface area contributed by atoms with E-state index in [0.29, 0.717) is 33.8 Å². The lowest BCUT2D eigenvalue weighted by atomic mass is 10.3. The molecule has 1 amide bonds. The highest BCUT2D eigenvalue weighted by Crippen LogP contribution is 2.37. The van der Waals surface area contributed by atoms with Crippen LogP contribution in [-0.4, -0.2) is 15.9 Å². The van der Waals surface area contributed by atoms with Crippen LogP contribution in [0, 0.1) is 0 Å². The number of hydrogen-bond acceptors (Lipinski definition) is 5. The van der Waals surface area contributed by atoms with Crippen molar-refractivity contribution < 1.29 is 18.4 Å². The molecule has 1 aliphatic rings. The van der Waals surface area contributed by atoms with Gasteiger partial charge in [0.1, 0.15) is 35.3 Å². The molecule has 3 heterocycles. The number of halogens is 3. The normalized spacial score (nSPS) is 15.2. The first-order chi connectivity index (χ1) is 14.4. The van der Waals surface area contributed by atoms with Crippen LogP contribution >= 0.6 is 60.0 Å². The van der Waals surface area contributed by atoms with Crippen molar-refractivity contribution in [2.45, 2.75) is 13.2 Å². The quantitative estimate of drug-likeness (QED) is 0.271. The van der Waals surface area contributed by atoms with E-state index >= 15 is 0 Å². The second-order valence-corrected chi connectivity index (χ2v) is 9.26. The maximum Gasteiger partial charge on any atom is 0.277 e. The van der Waals surface area contributed by atoms with E-state index in [2.05, 4.69) is 53.1 Å². The Balaban J connectivity index is 1.43. The fourth-order valence-electron chi connectivity index (χ4n) is 2.78. The molecule has 10 heteroatoms. The Morgan fingerprint density at radius 2 is 1.90 bits per heavy atom. The number of carbonyl (C=O) groups is 1. The van der Waals surface area contributed by atoms with Crippen molar-refractivity contribution in [1.82, 2.24) is 10.2 Å². The van der Waals surface area contributed by atoms with Crippen LogP contribution in [0.15, 0.2) is 70.6 Å². The molecule has 1 N–H and O–H groups in total. The van der Waals surface area contributed by atoms with Crippen LogP contribution in [0.2, 0.25) is 0 Å². The van der Waals surface area contributed by atoms with Gasteiger partial charge in [0.25, 0.3) is 5.91 Å². The maximum atomic E-state index is 12.7. The number of amides is 1. The summed E-state index contributed by atoms with van der Waals surface area (Å²) in [5, 5.41) is 3.24. The van der Waals surface area contributed by atoms with E-state index in [-0.39, 0.29) is 19.1 Å². The first-order valence-electron chi connectivity index (χ1n) is 8.63. The molecule has 1 saturated heterocycles. The molecule has 2 aromatic heterocycles. The molecule has 0 radical (unpaired) electrons. The third-order valence-electron chi connectivity index (χ3n) is 4.15. The van der Waals surface area contributed by atoms with E-state index in [1.807, 2.05) is 12.1 Å². The van der Waals surface area contributed by atoms with E-state index < -0.39 is 0 Å². The van der Waals surface area contributed by atoms with Crippen molar-refractivity contribution in [2.75, 3.05) is 0 Å². The number of furan rings is 2. The molecule has 0 saturated carbocycles. The van der Waals surface area contributed by atoms with E-state index in [0.717, 1.165) is 13.4 Å². The zero-order valence-corrected chi connectivity index (χ0v) is 20.7. The first kappa shape index (κ1) is 21.4. The Kier molecular flexibility index (Phi) is 6.47. The molecule has 154 valence electrons. The van der Waals surface area contributed by atoms with Gasteiger partial charge >= 0.3 is 0 Å². The Hall–Kier alpha value is -1.88. The lowest BCUT2D eigenvalue weighted by Gasteiger charge is -2.11. The average molecular weight is 617 g/mol. The summed E-state index contributed by atoms with van der Waals surface area (Å²) in [5.41, 5.74) is 0.340. The first-order valence-corrected chi connectivity index (χ1v) is 11.4. The molecule has 0 atom stereocenters. The summed E-state index contributed by atoms with van der Waals surface area (Å²) in [6, 6.07) is 10.9.